The summed E-state index contributed by atoms with van der Waals surface area (Å²) in [7, 11) is 0. The Kier molecular flexibility index (Phi) is 5.93. The van der Waals surface area contributed by atoms with Gasteiger partial charge in [0.1, 0.15) is 6.04 Å². The number of fused-ring (bicyclic) bond motifs is 1. The van der Waals surface area contributed by atoms with Crippen molar-refractivity contribution in [3.8, 4) is 0 Å². The molecule has 0 aliphatic rings. The summed E-state index contributed by atoms with van der Waals surface area (Å²) in [5.74, 6) is -1.89. The second-order valence-electron chi connectivity index (χ2n) is 6.03. The van der Waals surface area contributed by atoms with Gasteiger partial charge in [-0.2, -0.15) is 0 Å². The van der Waals surface area contributed by atoms with E-state index in [1.165, 1.54) is 5.48 Å². The Morgan fingerprint density at radius 3 is 2.54 bits per heavy atom. The number of hydroxylamine groups is 1. The van der Waals surface area contributed by atoms with Gasteiger partial charge in [0.25, 0.3) is 5.91 Å². The highest BCUT2D eigenvalue weighted by molar-refractivity contribution is 6.03. The molecule has 1 aromatic heterocycles. The highest BCUT2D eigenvalue weighted by Crippen LogP contribution is 2.17. The van der Waals surface area contributed by atoms with Crippen molar-refractivity contribution >= 4 is 34.3 Å². The molecule has 8 nitrogen and oxygen atoms in total. The molecule has 0 bridgehead atoms. The minimum atomic E-state index is -1.18. The minimum Gasteiger partial charge on any atom is -0.340 e. The molecule has 28 heavy (non-hydrogen) atoms. The molecule has 8 heteroatoms. The van der Waals surface area contributed by atoms with Crippen LogP contribution in [0.5, 0.6) is 0 Å². The number of rotatable bonds is 6. The van der Waals surface area contributed by atoms with Gasteiger partial charge in [-0.3, -0.25) is 24.6 Å². The van der Waals surface area contributed by atoms with E-state index in [1.807, 2.05) is 6.07 Å². The second-order valence-corrected chi connectivity index (χ2v) is 6.03. The molecule has 0 radical (unpaired) electrons. The normalized spacial score (nSPS) is 11.5. The Morgan fingerprint density at radius 2 is 1.79 bits per heavy atom. The molecule has 1 heterocycles. The maximum Gasteiger partial charge on any atom is 0.251 e. The number of hydrogen-bond acceptors (Lipinski definition) is 5. The van der Waals surface area contributed by atoms with Crippen LogP contribution in [0, 0.1) is 0 Å². The first-order valence-electron chi connectivity index (χ1n) is 8.51. The monoisotopic (exact) mass is 378 g/mol. The summed E-state index contributed by atoms with van der Waals surface area (Å²) >= 11 is 0. The fraction of sp³-hybridized carbons (Fsp3) is 0.100. The number of nitrogens with one attached hydrogen (secondary N) is 3. The van der Waals surface area contributed by atoms with Crippen LogP contribution in [0.3, 0.4) is 0 Å². The summed E-state index contributed by atoms with van der Waals surface area (Å²) in [5, 5.41) is 14.8. The van der Waals surface area contributed by atoms with Gasteiger partial charge in [0.2, 0.25) is 11.8 Å². The third kappa shape index (κ3) is 4.68. The molecule has 0 aliphatic heterocycles. The van der Waals surface area contributed by atoms with Crippen molar-refractivity contribution in [2.45, 2.75) is 12.5 Å². The van der Waals surface area contributed by atoms with Crippen LogP contribution < -0.4 is 16.1 Å². The van der Waals surface area contributed by atoms with Crippen LogP contribution in [0.1, 0.15) is 16.8 Å². The topological polar surface area (TPSA) is 120 Å². The zero-order valence-electron chi connectivity index (χ0n) is 14.8. The van der Waals surface area contributed by atoms with Gasteiger partial charge in [-0.1, -0.05) is 24.3 Å². The van der Waals surface area contributed by atoms with Gasteiger partial charge < -0.3 is 10.6 Å². The maximum atomic E-state index is 12.7. The Labute approximate surface area is 160 Å². The standard InChI is InChI=1S/C20H18N4O4/c25-18(24-28)12-17(23-19(26)13-5-2-1-3-6-13)20(27)22-15-8-9-16-14(11-15)7-4-10-21-16/h1-11,17,28H,12H2,(H,22,27)(H,23,26)(H,24,25)/t17-/m0/s1. The van der Waals surface area contributed by atoms with E-state index < -0.39 is 30.2 Å². The summed E-state index contributed by atoms with van der Waals surface area (Å²) in [6.07, 6.45) is 1.25. The van der Waals surface area contributed by atoms with Crippen molar-refractivity contribution in [1.82, 2.24) is 15.8 Å². The first-order chi connectivity index (χ1) is 13.6. The summed E-state index contributed by atoms with van der Waals surface area (Å²) in [4.78, 5) is 40.8. The van der Waals surface area contributed by atoms with Crippen LogP contribution in [-0.2, 0) is 9.59 Å². The Bertz CT molecular complexity index is 1010. The van der Waals surface area contributed by atoms with E-state index in [2.05, 4.69) is 15.6 Å². The number of amides is 3. The zero-order valence-corrected chi connectivity index (χ0v) is 14.8. The lowest BCUT2D eigenvalue weighted by Gasteiger charge is -2.18. The fourth-order valence-electron chi connectivity index (χ4n) is 2.65. The van der Waals surface area contributed by atoms with Crippen molar-refractivity contribution in [3.05, 3.63) is 72.4 Å². The van der Waals surface area contributed by atoms with Gasteiger partial charge in [0.05, 0.1) is 11.9 Å². The van der Waals surface area contributed by atoms with Crippen molar-refractivity contribution in [3.63, 3.8) is 0 Å². The molecule has 3 amide bonds. The van der Waals surface area contributed by atoms with Crippen molar-refractivity contribution < 1.29 is 19.6 Å². The van der Waals surface area contributed by atoms with E-state index in [1.54, 1.807) is 60.8 Å². The summed E-state index contributed by atoms with van der Waals surface area (Å²) in [6, 6.07) is 15.9. The Hall–Kier alpha value is -3.78. The molecular formula is C20H18N4O4. The smallest absolute Gasteiger partial charge is 0.251 e. The molecule has 0 saturated carbocycles. The lowest BCUT2D eigenvalue weighted by Crippen LogP contribution is -2.46. The summed E-state index contributed by atoms with van der Waals surface area (Å²) < 4.78 is 0. The molecule has 4 N–H and O–H groups in total. The molecule has 142 valence electrons. The van der Waals surface area contributed by atoms with E-state index in [9.17, 15) is 14.4 Å². The molecule has 1 atom stereocenters. The van der Waals surface area contributed by atoms with Gasteiger partial charge in [0, 0.05) is 22.8 Å². The van der Waals surface area contributed by atoms with Crippen LogP contribution in [0.4, 0.5) is 5.69 Å². The fourth-order valence-corrected chi connectivity index (χ4v) is 2.65. The second kappa shape index (κ2) is 8.74. The lowest BCUT2D eigenvalue weighted by molar-refractivity contribution is -0.131. The van der Waals surface area contributed by atoms with E-state index >= 15 is 0 Å². The SMILES string of the molecule is O=C(C[C@H](NC(=O)c1ccccc1)C(=O)Nc1ccc2ncccc2c1)NO. The van der Waals surface area contributed by atoms with Crippen LogP contribution >= 0.6 is 0 Å². The molecule has 3 aromatic rings. The van der Waals surface area contributed by atoms with Crippen molar-refractivity contribution in [2.75, 3.05) is 5.32 Å². The van der Waals surface area contributed by atoms with Crippen LogP contribution in [-0.4, -0.2) is 34.0 Å². The zero-order chi connectivity index (χ0) is 19.9. The number of carbonyl (C=O) groups excluding carboxylic acids is 3. The molecule has 0 unspecified atom stereocenters. The summed E-state index contributed by atoms with van der Waals surface area (Å²) in [5.41, 5.74) is 3.09. The van der Waals surface area contributed by atoms with Crippen LogP contribution in [0.2, 0.25) is 0 Å². The number of nitrogens with zero attached hydrogens (tertiary/aromatic N) is 1. The molecule has 0 saturated heterocycles. The maximum absolute atomic E-state index is 12.7. The molecule has 3 rings (SSSR count). The average Bonchev–Trinajstić information content (AvgIpc) is 2.73. The van der Waals surface area contributed by atoms with E-state index in [-0.39, 0.29) is 0 Å². The molecule has 0 fully saturated rings. The molecular weight excluding hydrogens is 360 g/mol. The number of aromatic nitrogens is 1. The number of anilines is 1. The predicted molar refractivity (Wildman–Crippen MR) is 103 cm³/mol. The van der Waals surface area contributed by atoms with Gasteiger partial charge in [0.15, 0.2) is 0 Å². The van der Waals surface area contributed by atoms with Crippen molar-refractivity contribution in [1.29, 1.82) is 0 Å². The highest BCUT2D eigenvalue weighted by atomic mass is 16.5. The number of hydrogen-bond donors (Lipinski definition) is 4. The predicted octanol–water partition coefficient (Wildman–Crippen LogP) is 1.87. The Balaban J connectivity index is 1.77. The van der Waals surface area contributed by atoms with Gasteiger partial charge in [-0.25, -0.2) is 5.48 Å². The number of pyridine rings is 1. The first kappa shape index (κ1) is 19.0. The Morgan fingerprint density at radius 1 is 1.00 bits per heavy atom. The third-order valence-corrected chi connectivity index (χ3v) is 4.04. The van der Waals surface area contributed by atoms with Crippen molar-refractivity contribution in [2.24, 2.45) is 0 Å². The summed E-state index contributed by atoms with van der Waals surface area (Å²) in [6.45, 7) is 0. The lowest BCUT2D eigenvalue weighted by atomic mass is 10.1. The minimum absolute atomic E-state index is 0.349. The van der Waals surface area contributed by atoms with Gasteiger partial charge >= 0.3 is 0 Å². The number of carbonyl (C=O) groups is 3. The average molecular weight is 378 g/mol. The number of benzene rings is 2. The molecule has 0 spiro atoms. The van der Waals surface area contributed by atoms with E-state index in [4.69, 9.17) is 5.21 Å². The van der Waals surface area contributed by atoms with Gasteiger partial charge in [-0.05, 0) is 36.4 Å². The molecule has 2 aromatic carbocycles. The largest absolute Gasteiger partial charge is 0.340 e. The van der Waals surface area contributed by atoms with Gasteiger partial charge in [-0.15, -0.1) is 0 Å². The van der Waals surface area contributed by atoms with E-state index in [0.29, 0.717) is 11.3 Å². The molecule has 0 aliphatic carbocycles. The van der Waals surface area contributed by atoms with Crippen LogP contribution in [0.25, 0.3) is 10.9 Å². The highest BCUT2D eigenvalue weighted by Gasteiger charge is 2.24. The van der Waals surface area contributed by atoms with Crippen LogP contribution in [0.15, 0.2) is 66.9 Å². The quantitative estimate of drug-likeness (QED) is 0.385. The van der Waals surface area contributed by atoms with E-state index in [0.717, 1.165) is 10.9 Å². The first-order valence-corrected chi connectivity index (χ1v) is 8.51. The third-order valence-electron chi connectivity index (χ3n) is 4.04.